The first-order valence-electron chi connectivity index (χ1n) is 4.67. The van der Waals surface area contributed by atoms with Gasteiger partial charge in [-0.2, -0.15) is 13.2 Å². The maximum atomic E-state index is 11.8. The number of hydrogen-bond donors (Lipinski definition) is 0. The second kappa shape index (κ2) is 4.19. The van der Waals surface area contributed by atoms with Crippen molar-refractivity contribution in [1.29, 1.82) is 0 Å². The number of ether oxygens (including phenoxy) is 1. The van der Waals surface area contributed by atoms with Crippen LogP contribution in [-0.2, 0) is 9.53 Å². The maximum absolute atomic E-state index is 11.8. The summed E-state index contributed by atoms with van der Waals surface area (Å²) < 4.78 is 39.8. The molecule has 0 aromatic rings. The molecule has 1 fully saturated rings. The molecule has 2 nitrogen and oxygen atoms in total. The molecule has 5 heteroatoms. The van der Waals surface area contributed by atoms with E-state index in [0.717, 1.165) is 12.8 Å². The Morgan fingerprint density at radius 3 is 2.50 bits per heavy atom. The number of halogens is 3. The van der Waals surface area contributed by atoms with Crippen LogP contribution in [0, 0.1) is 5.92 Å². The Bertz CT molecular complexity index is 213. The zero-order chi connectivity index (χ0) is 10.8. The van der Waals surface area contributed by atoms with Crippen LogP contribution in [0.4, 0.5) is 13.2 Å². The summed E-state index contributed by atoms with van der Waals surface area (Å²) in [5.74, 6) is -1.72. The lowest BCUT2D eigenvalue weighted by Gasteiger charge is -2.26. The summed E-state index contributed by atoms with van der Waals surface area (Å²) in [7, 11) is 0. The van der Waals surface area contributed by atoms with E-state index in [-0.39, 0.29) is 0 Å². The van der Waals surface area contributed by atoms with E-state index in [1.54, 1.807) is 0 Å². The zero-order valence-corrected chi connectivity index (χ0v) is 7.93. The summed E-state index contributed by atoms with van der Waals surface area (Å²) in [4.78, 5) is 10.5. The fourth-order valence-electron chi connectivity index (χ4n) is 1.70. The van der Waals surface area contributed by atoms with Crippen LogP contribution >= 0.6 is 0 Å². The van der Waals surface area contributed by atoms with Gasteiger partial charge in [-0.1, -0.05) is 13.3 Å². The van der Waals surface area contributed by atoms with E-state index in [9.17, 15) is 18.0 Å². The van der Waals surface area contributed by atoms with E-state index >= 15 is 0 Å². The van der Waals surface area contributed by atoms with Crippen molar-refractivity contribution in [2.75, 3.05) is 0 Å². The second-order valence-corrected chi connectivity index (χ2v) is 3.80. The van der Waals surface area contributed by atoms with E-state index < -0.39 is 18.2 Å². The molecule has 0 amide bonds. The smallest absolute Gasteiger partial charge is 0.456 e. The normalized spacial score (nSPS) is 28.6. The van der Waals surface area contributed by atoms with Gasteiger partial charge in [-0.05, 0) is 25.2 Å². The van der Waals surface area contributed by atoms with Crippen molar-refractivity contribution >= 4 is 5.97 Å². The second-order valence-electron chi connectivity index (χ2n) is 3.80. The van der Waals surface area contributed by atoms with Gasteiger partial charge < -0.3 is 4.74 Å². The van der Waals surface area contributed by atoms with Gasteiger partial charge in [0, 0.05) is 0 Å². The summed E-state index contributed by atoms with van der Waals surface area (Å²) in [6.07, 6.45) is -2.49. The fraction of sp³-hybridized carbons (Fsp3) is 0.889. The summed E-state index contributed by atoms with van der Waals surface area (Å²) in [5, 5.41) is 0. The predicted molar refractivity (Wildman–Crippen MR) is 43.6 cm³/mol. The third-order valence-electron chi connectivity index (χ3n) is 2.39. The quantitative estimate of drug-likeness (QED) is 0.622. The monoisotopic (exact) mass is 210 g/mol. The number of carbonyl (C=O) groups excluding carboxylic acids is 1. The summed E-state index contributed by atoms with van der Waals surface area (Å²) in [6.45, 7) is 1.95. The number of esters is 1. The van der Waals surface area contributed by atoms with Crippen LogP contribution in [-0.4, -0.2) is 18.2 Å². The topological polar surface area (TPSA) is 26.3 Å². The molecule has 1 saturated carbocycles. The molecule has 1 rings (SSSR count). The number of carbonyl (C=O) groups is 1. The Morgan fingerprint density at radius 1 is 1.36 bits per heavy atom. The van der Waals surface area contributed by atoms with Crippen molar-refractivity contribution in [3.05, 3.63) is 0 Å². The van der Waals surface area contributed by atoms with Crippen LogP contribution in [0.15, 0.2) is 0 Å². The van der Waals surface area contributed by atoms with Gasteiger partial charge in [0.2, 0.25) is 0 Å². The third-order valence-corrected chi connectivity index (χ3v) is 2.39. The van der Waals surface area contributed by atoms with Gasteiger partial charge in [-0.15, -0.1) is 0 Å². The van der Waals surface area contributed by atoms with Crippen LogP contribution in [0.5, 0.6) is 0 Å². The van der Waals surface area contributed by atoms with E-state index in [1.165, 1.54) is 0 Å². The minimum absolute atomic E-state index is 0.342. The molecule has 2 atom stereocenters. The first kappa shape index (κ1) is 11.3. The molecule has 0 heterocycles. The molecule has 0 radical (unpaired) electrons. The van der Waals surface area contributed by atoms with Crippen LogP contribution in [0.2, 0.25) is 0 Å². The maximum Gasteiger partial charge on any atom is 0.490 e. The highest BCUT2D eigenvalue weighted by Gasteiger charge is 2.42. The molecule has 0 aromatic carbocycles. The molecule has 0 saturated heterocycles. The van der Waals surface area contributed by atoms with E-state index in [4.69, 9.17) is 0 Å². The van der Waals surface area contributed by atoms with Crippen molar-refractivity contribution in [1.82, 2.24) is 0 Å². The average molecular weight is 210 g/mol. The molecule has 82 valence electrons. The highest BCUT2D eigenvalue weighted by molar-refractivity contribution is 5.75. The Morgan fingerprint density at radius 2 is 2.00 bits per heavy atom. The molecule has 2 unspecified atom stereocenters. The largest absolute Gasteiger partial charge is 0.490 e. The molecule has 14 heavy (non-hydrogen) atoms. The van der Waals surface area contributed by atoms with Crippen LogP contribution < -0.4 is 0 Å². The minimum Gasteiger partial charge on any atom is -0.456 e. The van der Waals surface area contributed by atoms with Crippen LogP contribution in [0.3, 0.4) is 0 Å². The van der Waals surface area contributed by atoms with Crippen molar-refractivity contribution in [3.63, 3.8) is 0 Å². The molecular formula is C9H13F3O2. The van der Waals surface area contributed by atoms with E-state index in [0.29, 0.717) is 18.8 Å². The summed E-state index contributed by atoms with van der Waals surface area (Å²) in [6, 6.07) is 0. The molecule has 1 aliphatic carbocycles. The summed E-state index contributed by atoms with van der Waals surface area (Å²) in [5.41, 5.74) is 0. The van der Waals surface area contributed by atoms with Gasteiger partial charge in [-0.3, -0.25) is 0 Å². The predicted octanol–water partition coefficient (Wildman–Crippen LogP) is 2.67. The van der Waals surface area contributed by atoms with Crippen molar-refractivity contribution in [2.45, 2.75) is 44.9 Å². The molecule has 0 N–H and O–H groups in total. The molecule has 0 aromatic heterocycles. The van der Waals surface area contributed by atoms with Gasteiger partial charge >= 0.3 is 12.1 Å². The number of hydrogen-bond acceptors (Lipinski definition) is 2. The summed E-state index contributed by atoms with van der Waals surface area (Å²) >= 11 is 0. The van der Waals surface area contributed by atoms with Gasteiger partial charge in [0.05, 0.1) is 0 Å². The lowest BCUT2D eigenvalue weighted by molar-refractivity contribution is -0.206. The lowest BCUT2D eigenvalue weighted by atomic mass is 9.89. The molecule has 1 aliphatic rings. The number of alkyl halides is 3. The third kappa shape index (κ3) is 3.20. The van der Waals surface area contributed by atoms with Crippen LogP contribution in [0.25, 0.3) is 0 Å². The first-order chi connectivity index (χ1) is 6.39. The Hall–Kier alpha value is -0.740. The van der Waals surface area contributed by atoms with Crippen molar-refractivity contribution < 1.29 is 22.7 Å². The van der Waals surface area contributed by atoms with E-state index in [2.05, 4.69) is 4.74 Å². The standard InChI is InChI=1S/C9H13F3O2/c1-6-3-2-4-7(5-6)14-8(13)9(10,11)12/h6-7H,2-5H2,1H3. The molecular weight excluding hydrogens is 197 g/mol. The van der Waals surface area contributed by atoms with Crippen LogP contribution in [0.1, 0.15) is 32.6 Å². The Balaban J connectivity index is 2.40. The van der Waals surface area contributed by atoms with Crippen molar-refractivity contribution in [2.24, 2.45) is 5.92 Å². The van der Waals surface area contributed by atoms with Gasteiger partial charge in [0.25, 0.3) is 0 Å². The molecule has 0 bridgehead atoms. The lowest BCUT2D eigenvalue weighted by Crippen LogP contribution is -2.32. The molecule has 0 aliphatic heterocycles. The fourth-order valence-corrected chi connectivity index (χ4v) is 1.70. The van der Waals surface area contributed by atoms with Gasteiger partial charge in [-0.25, -0.2) is 4.79 Å². The van der Waals surface area contributed by atoms with Gasteiger partial charge in [0.15, 0.2) is 0 Å². The van der Waals surface area contributed by atoms with Crippen molar-refractivity contribution in [3.8, 4) is 0 Å². The SMILES string of the molecule is CC1CCCC(OC(=O)C(F)(F)F)C1. The highest BCUT2D eigenvalue weighted by Crippen LogP contribution is 2.27. The average Bonchev–Trinajstić information content (AvgIpc) is 2.02. The minimum atomic E-state index is -4.86. The van der Waals surface area contributed by atoms with E-state index in [1.807, 2.05) is 6.92 Å². The Labute approximate surface area is 80.4 Å². The highest BCUT2D eigenvalue weighted by atomic mass is 19.4. The van der Waals surface area contributed by atoms with Gasteiger partial charge in [0.1, 0.15) is 6.10 Å². The Kier molecular flexibility index (Phi) is 3.39. The molecule has 0 spiro atoms. The zero-order valence-electron chi connectivity index (χ0n) is 7.93. The number of rotatable bonds is 1. The first-order valence-corrected chi connectivity index (χ1v) is 4.67.